The van der Waals surface area contributed by atoms with E-state index >= 15 is 0 Å². The standard InChI is InChI=1S/C12H13NO2/c1-9-7-13-8-11(9)15-12(14)10-5-3-2-4-6-10/h2-6,11,13H,1,7-8H2/t11-/m1/s1. The van der Waals surface area contributed by atoms with Gasteiger partial charge in [-0.25, -0.2) is 4.79 Å². The molecule has 1 aromatic rings. The predicted octanol–water partition coefficient (Wildman–Crippen LogP) is 1.37. The molecule has 1 heterocycles. The summed E-state index contributed by atoms with van der Waals surface area (Å²) in [6.45, 7) is 5.24. The van der Waals surface area contributed by atoms with Crippen LogP contribution in [0, 0.1) is 0 Å². The summed E-state index contributed by atoms with van der Waals surface area (Å²) in [4.78, 5) is 11.7. The lowest BCUT2D eigenvalue weighted by atomic mass is 10.2. The number of benzene rings is 1. The molecule has 0 bridgehead atoms. The van der Waals surface area contributed by atoms with Crippen LogP contribution >= 0.6 is 0 Å². The first-order chi connectivity index (χ1) is 7.27. The van der Waals surface area contributed by atoms with Crippen molar-refractivity contribution in [3.05, 3.63) is 48.0 Å². The monoisotopic (exact) mass is 203 g/mol. The van der Waals surface area contributed by atoms with E-state index < -0.39 is 0 Å². The molecule has 0 radical (unpaired) electrons. The highest BCUT2D eigenvalue weighted by Crippen LogP contribution is 2.12. The third-order valence-corrected chi connectivity index (χ3v) is 2.40. The Morgan fingerprint density at radius 3 is 2.73 bits per heavy atom. The summed E-state index contributed by atoms with van der Waals surface area (Å²) in [5.41, 5.74) is 1.51. The molecule has 0 aliphatic carbocycles. The summed E-state index contributed by atoms with van der Waals surface area (Å²) in [5.74, 6) is -0.287. The summed E-state index contributed by atoms with van der Waals surface area (Å²) in [6.07, 6.45) is -0.183. The zero-order valence-corrected chi connectivity index (χ0v) is 8.40. The van der Waals surface area contributed by atoms with Crippen LogP contribution in [0.2, 0.25) is 0 Å². The van der Waals surface area contributed by atoms with Gasteiger partial charge in [0, 0.05) is 13.1 Å². The molecular formula is C12H13NO2. The SMILES string of the molecule is C=C1CNC[C@H]1OC(=O)c1ccccc1. The largest absolute Gasteiger partial charge is 0.453 e. The summed E-state index contributed by atoms with van der Waals surface area (Å²) in [6, 6.07) is 8.99. The molecule has 1 saturated heterocycles. The van der Waals surface area contributed by atoms with Gasteiger partial charge in [-0.3, -0.25) is 0 Å². The van der Waals surface area contributed by atoms with Gasteiger partial charge in [-0.15, -0.1) is 0 Å². The predicted molar refractivity (Wildman–Crippen MR) is 57.7 cm³/mol. The average molecular weight is 203 g/mol. The summed E-state index contributed by atoms with van der Waals surface area (Å²) in [5, 5.41) is 3.10. The summed E-state index contributed by atoms with van der Waals surface area (Å²) >= 11 is 0. The van der Waals surface area contributed by atoms with Crippen LogP contribution in [-0.4, -0.2) is 25.2 Å². The van der Waals surface area contributed by atoms with E-state index in [2.05, 4.69) is 11.9 Å². The molecule has 3 heteroatoms. The van der Waals surface area contributed by atoms with E-state index in [1.54, 1.807) is 12.1 Å². The van der Waals surface area contributed by atoms with E-state index in [1.165, 1.54) is 0 Å². The van der Waals surface area contributed by atoms with Crippen LogP contribution in [0.3, 0.4) is 0 Å². The van der Waals surface area contributed by atoms with Crippen molar-refractivity contribution >= 4 is 5.97 Å². The number of rotatable bonds is 2. The molecule has 0 saturated carbocycles. The lowest BCUT2D eigenvalue weighted by Crippen LogP contribution is -2.21. The average Bonchev–Trinajstić information content (AvgIpc) is 2.66. The van der Waals surface area contributed by atoms with Crippen molar-refractivity contribution in [2.24, 2.45) is 0 Å². The summed E-state index contributed by atoms with van der Waals surface area (Å²) in [7, 11) is 0. The maximum atomic E-state index is 11.7. The molecule has 1 N–H and O–H groups in total. The lowest BCUT2D eigenvalue weighted by Gasteiger charge is -2.11. The topological polar surface area (TPSA) is 38.3 Å². The molecule has 1 aromatic carbocycles. The Kier molecular flexibility index (Phi) is 2.83. The minimum atomic E-state index is -0.287. The van der Waals surface area contributed by atoms with Gasteiger partial charge in [0.2, 0.25) is 0 Å². The van der Waals surface area contributed by atoms with Crippen molar-refractivity contribution in [3.8, 4) is 0 Å². The Morgan fingerprint density at radius 1 is 1.40 bits per heavy atom. The molecule has 0 amide bonds. The molecule has 1 atom stereocenters. The second-order valence-corrected chi connectivity index (χ2v) is 3.55. The minimum Gasteiger partial charge on any atom is -0.453 e. The fourth-order valence-electron chi connectivity index (χ4n) is 1.52. The van der Waals surface area contributed by atoms with Crippen LogP contribution in [0.5, 0.6) is 0 Å². The lowest BCUT2D eigenvalue weighted by molar-refractivity contribution is 0.0405. The van der Waals surface area contributed by atoms with E-state index in [1.807, 2.05) is 18.2 Å². The highest BCUT2D eigenvalue weighted by molar-refractivity contribution is 5.89. The van der Waals surface area contributed by atoms with Crippen LogP contribution < -0.4 is 5.32 Å². The van der Waals surface area contributed by atoms with Crippen molar-refractivity contribution in [1.29, 1.82) is 0 Å². The number of hydrogen-bond donors (Lipinski definition) is 1. The quantitative estimate of drug-likeness (QED) is 0.582. The third-order valence-electron chi connectivity index (χ3n) is 2.40. The molecule has 2 rings (SSSR count). The van der Waals surface area contributed by atoms with Gasteiger partial charge in [0.1, 0.15) is 6.10 Å². The van der Waals surface area contributed by atoms with Crippen LogP contribution in [0.4, 0.5) is 0 Å². The molecule has 1 aliphatic heterocycles. The number of nitrogens with one attached hydrogen (secondary N) is 1. The Bertz CT molecular complexity index is 372. The van der Waals surface area contributed by atoms with Gasteiger partial charge < -0.3 is 10.1 Å². The van der Waals surface area contributed by atoms with E-state index in [0.717, 1.165) is 12.1 Å². The van der Waals surface area contributed by atoms with Gasteiger partial charge in [0.05, 0.1) is 5.56 Å². The molecule has 0 unspecified atom stereocenters. The number of ether oxygens (including phenoxy) is 1. The molecular weight excluding hydrogens is 190 g/mol. The van der Waals surface area contributed by atoms with Crippen molar-refractivity contribution in [3.63, 3.8) is 0 Å². The smallest absolute Gasteiger partial charge is 0.338 e. The fraction of sp³-hybridized carbons (Fsp3) is 0.250. The maximum absolute atomic E-state index is 11.7. The molecule has 15 heavy (non-hydrogen) atoms. The summed E-state index contributed by atoms with van der Waals surface area (Å²) < 4.78 is 5.31. The van der Waals surface area contributed by atoms with Crippen LogP contribution in [0.25, 0.3) is 0 Å². The first kappa shape index (κ1) is 9.93. The highest BCUT2D eigenvalue weighted by atomic mass is 16.5. The van der Waals surface area contributed by atoms with Gasteiger partial charge in [-0.2, -0.15) is 0 Å². The maximum Gasteiger partial charge on any atom is 0.338 e. The molecule has 78 valence electrons. The highest BCUT2D eigenvalue weighted by Gasteiger charge is 2.22. The first-order valence-electron chi connectivity index (χ1n) is 4.92. The molecule has 0 spiro atoms. The molecule has 1 aliphatic rings. The molecule has 0 aromatic heterocycles. The Balaban J connectivity index is 2.01. The second kappa shape index (κ2) is 4.28. The second-order valence-electron chi connectivity index (χ2n) is 3.55. The Hall–Kier alpha value is -1.61. The minimum absolute atomic E-state index is 0.183. The zero-order chi connectivity index (χ0) is 10.7. The first-order valence-corrected chi connectivity index (χ1v) is 4.92. The van der Waals surface area contributed by atoms with Crippen molar-refractivity contribution < 1.29 is 9.53 Å². The number of esters is 1. The van der Waals surface area contributed by atoms with Gasteiger partial charge >= 0.3 is 5.97 Å². The van der Waals surface area contributed by atoms with Crippen LogP contribution in [-0.2, 0) is 4.74 Å². The zero-order valence-electron chi connectivity index (χ0n) is 8.40. The van der Waals surface area contributed by atoms with E-state index in [9.17, 15) is 4.79 Å². The fourth-order valence-corrected chi connectivity index (χ4v) is 1.52. The van der Waals surface area contributed by atoms with Gasteiger partial charge in [-0.05, 0) is 17.7 Å². The van der Waals surface area contributed by atoms with Crippen molar-refractivity contribution in [1.82, 2.24) is 5.32 Å². The van der Waals surface area contributed by atoms with Crippen LogP contribution in [0.15, 0.2) is 42.5 Å². The molecule has 1 fully saturated rings. The van der Waals surface area contributed by atoms with E-state index in [0.29, 0.717) is 12.1 Å². The van der Waals surface area contributed by atoms with Gasteiger partial charge in [-0.1, -0.05) is 24.8 Å². The Labute approximate surface area is 88.8 Å². The van der Waals surface area contributed by atoms with Gasteiger partial charge in [0.15, 0.2) is 0 Å². The van der Waals surface area contributed by atoms with Crippen molar-refractivity contribution in [2.45, 2.75) is 6.10 Å². The van der Waals surface area contributed by atoms with Crippen LogP contribution in [0.1, 0.15) is 10.4 Å². The van der Waals surface area contributed by atoms with E-state index in [-0.39, 0.29) is 12.1 Å². The van der Waals surface area contributed by atoms with Crippen molar-refractivity contribution in [2.75, 3.05) is 13.1 Å². The van der Waals surface area contributed by atoms with Gasteiger partial charge in [0.25, 0.3) is 0 Å². The Morgan fingerprint density at radius 2 is 2.13 bits per heavy atom. The number of hydrogen-bond acceptors (Lipinski definition) is 3. The van der Waals surface area contributed by atoms with E-state index in [4.69, 9.17) is 4.74 Å². The third kappa shape index (κ3) is 2.25. The molecule has 3 nitrogen and oxygen atoms in total. The normalized spacial score (nSPS) is 20.3. The number of carbonyl (C=O) groups is 1. The number of carbonyl (C=O) groups excluding carboxylic acids is 1.